The van der Waals surface area contributed by atoms with E-state index in [0.29, 0.717) is 11.2 Å². The second-order valence-corrected chi connectivity index (χ2v) is 5.57. The van der Waals surface area contributed by atoms with Gasteiger partial charge in [0.15, 0.2) is 5.65 Å². The maximum Gasteiger partial charge on any atom is 0.238 e. The second kappa shape index (κ2) is 4.32. The summed E-state index contributed by atoms with van der Waals surface area (Å²) in [4.78, 5) is 11.6. The van der Waals surface area contributed by atoms with E-state index in [1.54, 1.807) is 0 Å². The number of primary sulfonamides is 1. The van der Waals surface area contributed by atoms with Crippen molar-refractivity contribution < 1.29 is 12.8 Å². The molecular formula is C11H8FN5O2S. The number of hydrogen-bond acceptors (Lipinski definition) is 5. The van der Waals surface area contributed by atoms with E-state index in [4.69, 9.17) is 5.14 Å². The normalized spacial score (nSPS) is 11.9. The number of rotatable bonds is 2. The number of fused-ring (bicyclic) bond motifs is 1. The van der Waals surface area contributed by atoms with Gasteiger partial charge in [0.05, 0.1) is 16.8 Å². The molecule has 3 aromatic rings. The number of benzene rings is 1. The minimum absolute atomic E-state index is 0.124. The average molecular weight is 293 g/mol. The third-order valence-corrected chi connectivity index (χ3v) is 3.63. The number of hydrogen-bond donors (Lipinski definition) is 1. The Hall–Kier alpha value is -2.39. The third-order valence-electron chi connectivity index (χ3n) is 2.72. The monoisotopic (exact) mass is 293 g/mol. The predicted octanol–water partition coefficient (Wildman–Crippen LogP) is 0.602. The molecule has 0 spiro atoms. The Morgan fingerprint density at radius 3 is 2.75 bits per heavy atom. The van der Waals surface area contributed by atoms with Crippen molar-refractivity contribution in [3.05, 3.63) is 42.9 Å². The van der Waals surface area contributed by atoms with E-state index in [2.05, 4.69) is 15.0 Å². The Bertz CT molecular complexity index is 906. The lowest BCUT2D eigenvalue weighted by Gasteiger charge is -2.06. The van der Waals surface area contributed by atoms with E-state index in [9.17, 15) is 12.8 Å². The molecule has 0 amide bonds. The molecule has 102 valence electrons. The first-order valence-electron chi connectivity index (χ1n) is 5.42. The Morgan fingerprint density at radius 2 is 2.05 bits per heavy atom. The highest BCUT2D eigenvalue weighted by atomic mass is 32.2. The number of halogens is 1. The molecule has 0 unspecified atom stereocenters. The Balaban J connectivity index is 2.21. The van der Waals surface area contributed by atoms with Gasteiger partial charge in [0.25, 0.3) is 0 Å². The average Bonchev–Trinajstić information content (AvgIpc) is 2.81. The van der Waals surface area contributed by atoms with Crippen LogP contribution in [0.15, 0.2) is 41.9 Å². The van der Waals surface area contributed by atoms with Crippen LogP contribution in [0.1, 0.15) is 0 Å². The van der Waals surface area contributed by atoms with Gasteiger partial charge in [-0.05, 0) is 18.2 Å². The van der Waals surface area contributed by atoms with E-state index in [-0.39, 0.29) is 10.6 Å². The van der Waals surface area contributed by atoms with Crippen LogP contribution < -0.4 is 5.14 Å². The summed E-state index contributed by atoms with van der Waals surface area (Å²) in [7, 11) is -3.94. The zero-order valence-electron chi connectivity index (χ0n) is 9.93. The Kier molecular flexibility index (Phi) is 2.73. The summed E-state index contributed by atoms with van der Waals surface area (Å²) in [5.74, 6) is -0.741. The number of imidazole rings is 1. The fraction of sp³-hybridized carbons (Fsp3) is 0. The zero-order valence-corrected chi connectivity index (χ0v) is 10.7. The highest BCUT2D eigenvalue weighted by Crippen LogP contribution is 2.20. The van der Waals surface area contributed by atoms with Crippen LogP contribution in [-0.4, -0.2) is 27.9 Å². The first-order valence-corrected chi connectivity index (χ1v) is 6.97. The molecule has 0 saturated carbocycles. The van der Waals surface area contributed by atoms with Crippen molar-refractivity contribution >= 4 is 21.2 Å². The highest BCUT2D eigenvalue weighted by Gasteiger charge is 2.14. The van der Waals surface area contributed by atoms with E-state index >= 15 is 0 Å². The van der Waals surface area contributed by atoms with E-state index < -0.39 is 15.8 Å². The molecule has 20 heavy (non-hydrogen) atoms. The van der Waals surface area contributed by atoms with Gasteiger partial charge in [-0.25, -0.2) is 32.9 Å². The van der Waals surface area contributed by atoms with E-state index in [1.807, 2.05) is 0 Å². The summed E-state index contributed by atoms with van der Waals surface area (Å²) in [6.07, 6.45) is 4.20. The third kappa shape index (κ3) is 2.02. The fourth-order valence-corrected chi connectivity index (χ4v) is 2.33. The number of nitrogens with zero attached hydrogens (tertiary/aromatic N) is 4. The number of aromatic nitrogens is 4. The first-order chi connectivity index (χ1) is 9.47. The van der Waals surface area contributed by atoms with Crippen LogP contribution in [-0.2, 0) is 10.0 Å². The molecule has 2 N–H and O–H groups in total. The first kappa shape index (κ1) is 12.6. The summed E-state index contributed by atoms with van der Waals surface area (Å²) in [6.45, 7) is 0. The van der Waals surface area contributed by atoms with E-state index in [1.165, 1.54) is 35.6 Å². The minimum atomic E-state index is -3.94. The molecular weight excluding hydrogens is 285 g/mol. The summed E-state index contributed by atoms with van der Waals surface area (Å²) >= 11 is 0. The topological polar surface area (TPSA) is 104 Å². The standard InChI is InChI=1S/C11H8FN5O2S/c12-8-3-7(20(13,18)19)1-2-10(8)17-6-16-9-4-14-5-15-11(9)17/h1-6H,(H2,13,18,19). The Morgan fingerprint density at radius 1 is 1.25 bits per heavy atom. The molecule has 0 radical (unpaired) electrons. The predicted molar refractivity (Wildman–Crippen MR) is 68.0 cm³/mol. The van der Waals surface area contributed by atoms with Gasteiger partial charge in [0.1, 0.15) is 24.0 Å². The zero-order chi connectivity index (χ0) is 14.3. The lowest BCUT2D eigenvalue weighted by Crippen LogP contribution is -2.12. The van der Waals surface area contributed by atoms with Crippen molar-refractivity contribution in [1.29, 1.82) is 0 Å². The molecule has 0 fully saturated rings. The van der Waals surface area contributed by atoms with Crippen LogP contribution in [0.4, 0.5) is 4.39 Å². The van der Waals surface area contributed by atoms with Crippen molar-refractivity contribution in [3.63, 3.8) is 0 Å². The molecule has 0 bridgehead atoms. The molecule has 0 saturated heterocycles. The van der Waals surface area contributed by atoms with Gasteiger partial charge >= 0.3 is 0 Å². The summed E-state index contributed by atoms with van der Waals surface area (Å²) < 4.78 is 37.8. The van der Waals surface area contributed by atoms with Gasteiger partial charge in [0, 0.05) is 0 Å². The van der Waals surface area contributed by atoms with Crippen LogP contribution in [0.25, 0.3) is 16.9 Å². The van der Waals surface area contributed by atoms with Crippen molar-refractivity contribution in [2.24, 2.45) is 5.14 Å². The summed E-state index contributed by atoms with van der Waals surface area (Å²) in [6, 6.07) is 3.39. The molecule has 0 aliphatic heterocycles. The fourth-order valence-electron chi connectivity index (χ4n) is 1.80. The molecule has 3 rings (SSSR count). The van der Waals surface area contributed by atoms with Crippen LogP contribution in [0.2, 0.25) is 0 Å². The number of sulfonamides is 1. The molecule has 0 atom stereocenters. The van der Waals surface area contributed by atoms with Gasteiger partial charge in [0.2, 0.25) is 10.0 Å². The van der Waals surface area contributed by atoms with Gasteiger partial charge in [-0.2, -0.15) is 0 Å². The van der Waals surface area contributed by atoms with Crippen molar-refractivity contribution in [2.75, 3.05) is 0 Å². The maximum absolute atomic E-state index is 14.1. The van der Waals surface area contributed by atoms with Gasteiger partial charge < -0.3 is 0 Å². The van der Waals surface area contributed by atoms with E-state index in [0.717, 1.165) is 6.07 Å². The van der Waals surface area contributed by atoms with Crippen molar-refractivity contribution in [1.82, 2.24) is 19.5 Å². The summed E-state index contributed by atoms with van der Waals surface area (Å²) in [5.41, 5.74) is 1.04. The minimum Gasteiger partial charge on any atom is -0.280 e. The van der Waals surface area contributed by atoms with Gasteiger partial charge in [-0.3, -0.25) is 4.57 Å². The largest absolute Gasteiger partial charge is 0.280 e. The molecule has 1 aromatic carbocycles. The second-order valence-electron chi connectivity index (χ2n) is 4.00. The van der Waals surface area contributed by atoms with Crippen LogP contribution in [0, 0.1) is 5.82 Å². The van der Waals surface area contributed by atoms with Crippen LogP contribution in [0.3, 0.4) is 0 Å². The maximum atomic E-state index is 14.1. The lowest BCUT2D eigenvalue weighted by molar-refractivity contribution is 0.590. The van der Waals surface area contributed by atoms with Gasteiger partial charge in [-0.1, -0.05) is 0 Å². The molecule has 7 nitrogen and oxygen atoms in total. The highest BCUT2D eigenvalue weighted by molar-refractivity contribution is 7.89. The number of nitrogens with two attached hydrogens (primary N) is 1. The van der Waals surface area contributed by atoms with Gasteiger partial charge in [-0.15, -0.1) is 0 Å². The molecule has 9 heteroatoms. The molecule has 2 aromatic heterocycles. The summed E-state index contributed by atoms with van der Waals surface area (Å²) in [5, 5.41) is 4.95. The van der Waals surface area contributed by atoms with Crippen LogP contribution in [0.5, 0.6) is 0 Å². The quantitative estimate of drug-likeness (QED) is 0.745. The SMILES string of the molecule is NS(=O)(=O)c1ccc(-n2cnc3cncnc32)c(F)c1. The molecule has 2 heterocycles. The lowest BCUT2D eigenvalue weighted by atomic mass is 10.3. The van der Waals surface area contributed by atoms with Crippen molar-refractivity contribution in [3.8, 4) is 5.69 Å². The van der Waals surface area contributed by atoms with Crippen LogP contribution >= 0.6 is 0 Å². The Labute approximate surface area is 113 Å². The smallest absolute Gasteiger partial charge is 0.238 e. The molecule has 0 aliphatic rings. The molecule has 0 aliphatic carbocycles. The van der Waals surface area contributed by atoms with Crippen molar-refractivity contribution in [2.45, 2.75) is 4.90 Å².